The van der Waals surface area contributed by atoms with Crippen molar-refractivity contribution in [1.29, 1.82) is 0 Å². The molecule has 0 unspecified atom stereocenters. The standard InChI is InChI=1S/C19H18Cl2N2O2S/c1-13-2-4-14(5-3-13)12-26-19-22-8-9-23(19)18(24)11-25-17-7-6-15(20)10-16(17)21/h2-7,10H,8-9,11-12H2,1H3. The molecule has 0 spiro atoms. The number of nitrogens with zero attached hydrogens (tertiary/aromatic N) is 2. The van der Waals surface area contributed by atoms with Crippen molar-refractivity contribution in [2.45, 2.75) is 12.7 Å². The Morgan fingerprint density at radius 3 is 2.73 bits per heavy atom. The lowest BCUT2D eigenvalue weighted by Gasteiger charge is -2.18. The molecule has 0 saturated carbocycles. The van der Waals surface area contributed by atoms with Crippen LogP contribution < -0.4 is 4.74 Å². The van der Waals surface area contributed by atoms with Crippen LogP contribution in [0.1, 0.15) is 11.1 Å². The van der Waals surface area contributed by atoms with Gasteiger partial charge in [0.25, 0.3) is 5.91 Å². The summed E-state index contributed by atoms with van der Waals surface area (Å²) in [5.41, 5.74) is 2.43. The average Bonchev–Trinajstić information content (AvgIpc) is 3.09. The lowest BCUT2D eigenvalue weighted by atomic mass is 10.2. The van der Waals surface area contributed by atoms with Crippen molar-refractivity contribution < 1.29 is 9.53 Å². The number of aryl methyl sites for hydroxylation is 1. The van der Waals surface area contributed by atoms with Crippen LogP contribution in [0.4, 0.5) is 0 Å². The van der Waals surface area contributed by atoms with Gasteiger partial charge in [-0.15, -0.1) is 0 Å². The highest BCUT2D eigenvalue weighted by Gasteiger charge is 2.24. The molecule has 136 valence electrons. The lowest BCUT2D eigenvalue weighted by molar-refractivity contribution is -0.128. The van der Waals surface area contributed by atoms with E-state index in [-0.39, 0.29) is 12.5 Å². The van der Waals surface area contributed by atoms with Crippen LogP contribution in [0.15, 0.2) is 47.5 Å². The molecule has 1 heterocycles. The summed E-state index contributed by atoms with van der Waals surface area (Å²) in [6.45, 7) is 3.16. The van der Waals surface area contributed by atoms with E-state index in [1.54, 1.807) is 34.9 Å². The monoisotopic (exact) mass is 408 g/mol. The van der Waals surface area contributed by atoms with E-state index in [4.69, 9.17) is 27.9 Å². The molecule has 0 N–H and O–H groups in total. The summed E-state index contributed by atoms with van der Waals surface area (Å²) in [5, 5.41) is 1.64. The Morgan fingerprint density at radius 1 is 1.23 bits per heavy atom. The fourth-order valence-electron chi connectivity index (χ4n) is 2.42. The first-order chi connectivity index (χ1) is 12.5. The smallest absolute Gasteiger partial charge is 0.266 e. The Labute approximate surface area is 167 Å². The van der Waals surface area contributed by atoms with Crippen LogP contribution in [0.3, 0.4) is 0 Å². The van der Waals surface area contributed by atoms with Crippen LogP contribution >= 0.6 is 35.0 Å². The molecule has 0 aromatic heterocycles. The highest BCUT2D eigenvalue weighted by molar-refractivity contribution is 8.13. The van der Waals surface area contributed by atoms with Gasteiger partial charge in [0.15, 0.2) is 11.8 Å². The van der Waals surface area contributed by atoms with E-state index in [9.17, 15) is 4.79 Å². The molecule has 0 radical (unpaired) electrons. The fraction of sp³-hybridized carbons (Fsp3) is 0.263. The van der Waals surface area contributed by atoms with Crippen molar-refractivity contribution in [2.75, 3.05) is 19.7 Å². The second-order valence-corrected chi connectivity index (χ2v) is 7.63. The summed E-state index contributed by atoms with van der Waals surface area (Å²) in [7, 11) is 0. The van der Waals surface area contributed by atoms with Crippen LogP contribution in [0, 0.1) is 6.92 Å². The predicted octanol–water partition coefficient (Wildman–Crippen LogP) is 4.81. The number of carbonyl (C=O) groups excluding carboxylic acids is 1. The average molecular weight is 409 g/mol. The van der Waals surface area contributed by atoms with Gasteiger partial charge >= 0.3 is 0 Å². The van der Waals surface area contributed by atoms with Gasteiger partial charge in [-0.05, 0) is 30.7 Å². The summed E-state index contributed by atoms with van der Waals surface area (Å²) in [6.07, 6.45) is 0. The number of hydrogen-bond donors (Lipinski definition) is 0. The van der Waals surface area contributed by atoms with E-state index >= 15 is 0 Å². The van der Waals surface area contributed by atoms with Crippen molar-refractivity contribution in [1.82, 2.24) is 4.90 Å². The molecule has 3 rings (SSSR count). The fourth-order valence-corrected chi connectivity index (χ4v) is 3.91. The van der Waals surface area contributed by atoms with E-state index in [1.807, 2.05) is 0 Å². The molecular formula is C19H18Cl2N2O2S. The van der Waals surface area contributed by atoms with Crippen LogP contribution in [-0.4, -0.2) is 35.7 Å². The van der Waals surface area contributed by atoms with Crippen molar-refractivity contribution in [2.24, 2.45) is 4.99 Å². The topological polar surface area (TPSA) is 41.9 Å². The van der Waals surface area contributed by atoms with Crippen molar-refractivity contribution >= 4 is 46.0 Å². The molecule has 1 amide bonds. The van der Waals surface area contributed by atoms with E-state index in [0.717, 1.165) is 10.9 Å². The minimum absolute atomic E-state index is 0.0918. The lowest BCUT2D eigenvalue weighted by Crippen LogP contribution is -2.36. The number of carbonyl (C=O) groups is 1. The number of amidine groups is 1. The number of halogens is 2. The maximum atomic E-state index is 12.5. The summed E-state index contributed by atoms with van der Waals surface area (Å²) < 4.78 is 5.54. The van der Waals surface area contributed by atoms with Gasteiger partial charge in [0.05, 0.1) is 11.6 Å². The number of benzene rings is 2. The van der Waals surface area contributed by atoms with Crippen molar-refractivity contribution in [3.63, 3.8) is 0 Å². The van der Waals surface area contributed by atoms with Gasteiger partial charge in [0, 0.05) is 17.3 Å². The van der Waals surface area contributed by atoms with Gasteiger partial charge in [-0.3, -0.25) is 14.7 Å². The van der Waals surface area contributed by atoms with E-state index in [2.05, 4.69) is 36.2 Å². The largest absolute Gasteiger partial charge is 0.482 e. The normalized spacial score (nSPS) is 13.7. The molecule has 2 aromatic rings. The van der Waals surface area contributed by atoms with Gasteiger partial charge < -0.3 is 4.74 Å². The maximum Gasteiger partial charge on any atom is 0.266 e. The van der Waals surface area contributed by atoms with Gasteiger partial charge in [-0.25, -0.2) is 0 Å². The first-order valence-electron chi connectivity index (χ1n) is 8.14. The van der Waals surface area contributed by atoms with Crippen LogP contribution in [0.5, 0.6) is 5.75 Å². The summed E-state index contributed by atoms with van der Waals surface area (Å²) in [4.78, 5) is 18.6. The third-order valence-corrected chi connectivity index (χ3v) is 5.45. The zero-order valence-corrected chi connectivity index (χ0v) is 16.6. The van der Waals surface area contributed by atoms with E-state index in [1.165, 1.54) is 11.1 Å². The Bertz CT molecular complexity index is 825. The zero-order valence-electron chi connectivity index (χ0n) is 14.2. The molecule has 2 aromatic carbocycles. The second kappa shape index (κ2) is 8.80. The first kappa shape index (κ1) is 19.1. The third kappa shape index (κ3) is 4.93. The predicted molar refractivity (Wildman–Crippen MR) is 108 cm³/mol. The van der Waals surface area contributed by atoms with Gasteiger partial charge in [-0.1, -0.05) is 64.8 Å². The Morgan fingerprint density at radius 2 is 2.00 bits per heavy atom. The number of amides is 1. The summed E-state index contributed by atoms with van der Waals surface area (Å²) in [6, 6.07) is 13.3. The number of hydrogen-bond acceptors (Lipinski definition) is 4. The van der Waals surface area contributed by atoms with Gasteiger partial charge in [0.1, 0.15) is 5.75 Å². The third-order valence-electron chi connectivity index (χ3n) is 3.84. The zero-order chi connectivity index (χ0) is 18.5. The Kier molecular flexibility index (Phi) is 6.46. The molecule has 0 atom stereocenters. The second-order valence-electron chi connectivity index (χ2n) is 5.85. The van der Waals surface area contributed by atoms with Crippen molar-refractivity contribution in [3.8, 4) is 5.75 Å². The highest BCUT2D eigenvalue weighted by Crippen LogP contribution is 2.27. The highest BCUT2D eigenvalue weighted by atomic mass is 35.5. The minimum Gasteiger partial charge on any atom is -0.482 e. The number of ether oxygens (including phenoxy) is 1. The summed E-state index contributed by atoms with van der Waals surface area (Å²) in [5.74, 6) is 1.07. The molecule has 1 aliphatic heterocycles. The number of aliphatic imine (C=N–C) groups is 1. The molecule has 0 saturated heterocycles. The van der Waals surface area contributed by atoms with E-state index in [0.29, 0.717) is 28.9 Å². The molecule has 7 heteroatoms. The minimum atomic E-state index is -0.135. The Hall–Kier alpha value is -1.69. The van der Waals surface area contributed by atoms with Crippen LogP contribution in [0.25, 0.3) is 0 Å². The Balaban J connectivity index is 1.55. The van der Waals surface area contributed by atoms with Crippen LogP contribution in [0.2, 0.25) is 10.0 Å². The van der Waals surface area contributed by atoms with Gasteiger partial charge in [-0.2, -0.15) is 0 Å². The van der Waals surface area contributed by atoms with Crippen LogP contribution in [-0.2, 0) is 10.5 Å². The number of rotatable bonds is 5. The maximum absolute atomic E-state index is 12.5. The molecule has 4 nitrogen and oxygen atoms in total. The molecule has 1 aliphatic rings. The molecule has 26 heavy (non-hydrogen) atoms. The van der Waals surface area contributed by atoms with E-state index < -0.39 is 0 Å². The number of thioether (sulfide) groups is 1. The van der Waals surface area contributed by atoms with Crippen molar-refractivity contribution in [3.05, 3.63) is 63.6 Å². The first-order valence-corrected chi connectivity index (χ1v) is 9.88. The molecular weight excluding hydrogens is 391 g/mol. The van der Waals surface area contributed by atoms with Gasteiger partial charge in [0.2, 0.25) is 0 Å². The molecule has 0 bridgehead atoms. The molecule has 0 aliphatic carbocycles. The SMILES string of the molecule is Cc1ccc(CSC2=NCCN2C(=O)COc2ccc(Cl)cc2Cl)cc1. The summed E-state index contributed by atoms with van der Waals surface area (Å²) >= 11 is 13.5. The quantitative estimate of drug-likeness (QED) is 0.712. The molecule has 0 fully saturated rings.